The maximum atomic E-state index is 5.32. The van der Waals surface area contributed by atoms with Gasteiger partial charge in [0.25, 0.3) is 0 Å². The Kier molecular flexibility index (Phi) is 5.70. The molecule has 1 rings (SSSR count). The SMILES string of the molecule is C=C(C)c1ccoc1C(=C)CC.CC. The molecule has 1 aromatic heterocycles. The number of hydrogen-bond acceptors (Lipinski definition) is 1. The maximum absolute atomic E-state index is 5.32. The minimum absolute atomic E-state index is 0.880. The van der Waals surface area contributed by atoms with E-state index in [9.17, 15) is 0 Å². The fourth-order valence-electron chi connectivity index (χ4n) is 1.08. The molecule has 0 aromatic carbocycles. The van der Waals surface area contributed by atoms with E-state index in [1.165, 1.54) is 0 Å². The monoisotopic (exact) mass is 192 g/mol. The van der Waals surface area contributed by atoms with Gasteiger partial charge in [-0.05, 0) is 30.6 Å². The Morgan fingerprint density at radius 3 is 2.36 bits per heavy atom. The molecule has 0 bridgehead atoms. The summed E-state index contributed by atoms with van der Waals surface area (Å²) < 4.78 is 5.32. The normalized spacial score (nSPS) is 8.86. The molecule has 1 heterocycles. The van der Waals surface area contributed by atoms with E-state index in [1.807, 2.05) is 26.8 Å². The van der Waals surface area contributed by atoms with E-state index >= 15 is 0 Å². The van der Waals surface area contributed by atoms with Crippen molar-refractivity contribution >= 4 is 11.1 Å². The van der Waals surface area contributed by atoms with Crippen LogP contribution >= 0.6 is 0 Å². The summed E-state index contributed by atoms with van der Waals surface area (Å²) in [4.78, 5) is 0. The van der Waals surface area contributed by atoms with Gasteiger partial charge in [-0.1, -0.05) is 33.9 Å². The van der Waals surface area contributed by atoms with Crippen LogP contribution in [0.25, 0.3) is 11.1 Å². The molecule has 0 spiro atoms. The van der Waals surface area contributed by atoms with E-state index in [0.29, 0.717) is 0 Å². The first-order valence-electron chi connectivity index (χ1n) is 5.08. The minimum Gasteiger partial charge on any atom is -0.464 e. The third-order valence-corrected chi connectivity index (χ3v) is 1.87. The first-order chi connectivity index (χ1) is 6.66. The summed E-state index contributed by atoms with van der Waals surface area (Å²) in [5, 5.41) is 0. The number of furan rings is 1. The zero-order valence-electron chi connectivity index (χ0n) is 9.68. The summed E-state index contributed by atoms with van der Waals surface area (Å²) >= 11 is 0. The molecule has 0 fully saturated rings. The predicted molar refractivity (Wildman–Crippen MR) is 64.1 cm³/mol. The van der Waals surface area contributed by atoms with E-state index < -0.39 is 0 Å². The molecule has 1 heteroatoms. The second-order valence-corrected chi connectivity index (χ2v) is 2.90. The highest BCUT2D eigenvalue weighted by molar-refractivity contribution is 5.74. The van der Waals surface area contributed by atoms with Crippen LogP contribution in [0, 0.1) is 0 Å². The van der Waals surface area contributed by atoms with Gasteiger partial charge in [0.2, 0.25) is 0 Å². The molecule has 0 aliphatic rings. The molecule has 0 saturated heterocycles. The van der Waals surface area contributed by atoms with E-state index in [-0.39, 0.29) is 0 Å². The third kappa shape index (κ3) is 2.91. The first kappa shape index (κ1) is 12.8. The van der Waals surface area contributed by atoms with Gasteiger partial charge in [-0.3, -0.25) is 0 Å². The van der Waals surface area contributed by atoms with Crippen molar-refractivity contribution < 1.29 is 4.42 Å². The lowest BCUT2D eigenvalue weighted by Crippen LogP contribution is -1.83. The lowest BCUT2D eigenvalue weighted by Gasteiger charge is -2.01. The topological polar surface area (TPSA) is 13.1 Å². The molecule has 0 atom stereocenters. The second kappa shape index (κ2) is 6.25. The lowest BCUT2D eigenvalue weighted by atomic mass is 10.0. The maximum Gasteiger partial charge on any atom is 0.136 e. The molecule has 1 aromatic rings. The summed E-state index contributed by atoms with van der Waals surface area (Å²) in [6, 6.07) is 1.93. The smallest absolute Gasteiger partial charge is 0.136 e. The Morgan fingerprint density at radius 2 is 1.93 bits per heavy atom. The number of hydrogen-bond donors (Lipinski definition) is 0. The highest BCUT2D eigenvalue weighted by atomic mass is 16.3. The highest BCUT2D eigenvalue weighted by Crippen LogP contribution is 2.25. The quantitative estimate of drug-likeness (QED) is 0.672. The van der Waals surface area contributed by atoms with E-state index in [1.54, 1.807) is 6.26 Å². The molecule has 0 unspecified atom stereocenters. The molecule has 1 nitrogen and oxygen atoms in total. The van der Waals surface area contributed by atoms with Crippen molar-refractivity contribution in [2.75, 3.05) is 0 Å². The van der Waals surface area contributed by atoms with Crippen LogP contribution in [-0.2, 0) is 0 Å². The van der Waals surface area contributed by atoms with Crippen LogP contribution in [0.1, 0.15) is 45.4 Å². The van der Waals surface area contributed by atoms with Crippen molar-refractivity contribution in [3.05, 3.63) is 36.8 Å². The van der Waals surface area contributed by atoms with Crippen LogP contribution in [0.15, 0.2) is 29.9 Å². The second-order valence-electron chi connectivity index (χ2n) is 2.90. The fourth-order valence-corrected chi connectivity index (χ4v) is 1.08. The summed E-state index contributed by atoms with van der Waals surface area (Å²) in [7, 11) is 0. The Hall–Kier alpha value is -1.24. The van der Waals surface area contributed by atoms with Gasteiger partial charge in [0.1, 0.15) is 5.76 Å². The lowest BCUT2D eigenvalue weighted by molar-refractivity contribution is 0.550. The average molecular weight is 192 g/mol. The zero-order chi connectivity index (χ0) is 11.1. The molecule has 0 N–H and O–H groups in total. The summed E-state index contributed by atoms with van der Waals surface area (Å²) in [6.07, 6.45) is 2.59. The Bertz CT molecular complexity index is 305. The van der Waals surface area contributed by atoms with E-state index in [4.69, 9.17) is 4.42 Å². The summed E-state index contributed by atoms with van der Waals surface area (Å²) in [5.74, 6) is 0.880. The molecular formula is C13H20O. The Morgan fingerprint density at radius 1 is 1.36 bits per heavy atom. The minimum atomic E-state index is 0.880. The van der Waals surface area contributed by atoms with Gasteiger partial charge in [-0.25, -0.2) is 0 Å². The van der Waals surface area contributed by atoms with Crippen LogP contribution < -0.4 is 0 Å². The Labute approximate surface area is 87.1 Å². The highest BCUT2D eigenvalue weighted by Gasteiger charge is 2.08. The standard InChI is InChI=1S/C11H14O.C2H6/c1-5-9(4)11-10(8(2)3)6-7-12-11;1-2/h6-7H,2,4-5H2,1,3H3;1-2H3. The van der Waals surface area contributed by atoms with Gasteiger partial charge in [-0.2, -0.15) is 0 Å². The van der Waals surface area contributed by atoms with Gasteiger partial charge in [0.05, 0.1) is 6.26 Å². The average Bonchev–Trinajstić information content (AvgIpc) is 2.68. The fraction of sp³-hybridized carbons (Fsp3) is 0.385. The molecule has 78 valence electrons. The zero-order valence-corrected chi connectivity index (χ0v) is 9.68. The predicted octanol–water partition coefficient (Wildman–Crippen LogP) is 4.76. The molecule has 14 heavy (non-hydrogen) atoms. The molecule has 0 amide bonds. The van der Waals surface area contributed by atoms with Crippen LogP contribution in [0.5, 0.6) is 0 Å². The van der Waals surface area contributed by atoms with Crippen molar-refractivity contribution in [2.24, 2.45) is 0 Å². The van der Waals surface area contributed by atoms with Crippen molar-refractivity contribution in [1.82, 2.24) is 0 Å². The summed E-state index contributed by atoms with van der Waals surface area (Å²) in [6.45, 7) is 15.8. The van der Waals surface area contributed by atoms with Crippen LogP contribution in [0.3, 0.4) is 0 Å². The number of allylic oxidation sites excluding steroid dienone is 2. The van der Waals surface area contributed by atoms with Crippen LogP contribution in [0.2, 0.25) is 0 Å². The van der Waals surface area contributed by atoms with Crippen molar-refractivity contribution in [3.63, 3.8) is 0 Å². The van der Waals surface area contributed by atoms with Crippen LogP contribution in [0.4, 0.5) is 0 Å². The first-order valence-corrected chi connectivity index (χ1v) is 5.08. The van der Waals surface area contributed by atoms with Gasteiger partial charge >= 0.3 is 0 Å². The van der Waals surface area contributed by atoms with Gasteiger partial charge in [0.15, 0.2) is 0 Å². The van der Waals surface area contributed by atoms with Crippen molar-refractivity contribution in [3.8, 4) is 0 Å². The molecular weight excluding hydrogens is 172 g/mol. The van der Waals surface area contributed by atoms with Gasteiger partial charge in [-0.15, -0.1) is 0 Å². The summed E-state index contributed by atoms with van der Waals surface area (Å²) in [5.41, 5.74) is 3.12. The number of rotatable bonds is 3. The Balaban J connectivity index is 0.000000791. The van der Waals surface area contributed by atoms with Crippen LogP contribution in [-0.4, -0.2) is 0 Å². The molecule has 0 aliphatic heterocycles. The molecule has 0 saturated carbocycles. The third-order valence-electron chi connectivity index (χ3n) is 1.87. The molecule has 0 radical (unpaired) electrons. The van der Waals surface area contributed by atoms with E-state index in [2.05, 4.69) is 20.1 Å². The van der Waals surface area contributed by atoms with E-state index in [0.717, 1.165) is 28.9 Å². The largest absolute Gasteiger partial charge is 0.464 e. The van der Waals surface area contributed by atoms with Gasteiger partial charge in [0, 0.05) is 5.56 Å². The van der Waals surface area contributed by atoms with Gasteiger partial charge < -0.3 is 4.42 Å². The van der Waals surface area contributed by atoms with Crippen molar-refractivity contribution in [2.45, 2.75) is 34.1 Å². The van der Waals surface area contributed by atoms with Crippen molar-refractivity contribution in [1.29, 1.82) is 0 Å². The molecule has 0 aliphatic carbocycles.